The number of pyridine rings is 1. The molecule has 122 valence electrons. The van der Waals surface area contributed by atoms with E-state index in [2.05, 4.69) is 14.9 Å². The highest BCUT2D eigenvalue weighted by Crippen LogP contribution is 2.17. The van der Waals surface area contributed by atoms with Gasteiger partial charge in [-0.25, -0.2) is 9.97 Å². The van der Waals surface area contributed by atoms with Gasteiger partial charge in [0, 0.05) is 51.3 Å². The Labute approximate surface area is 140 Å². The van der Waals surface area contributed by atoms with Crippen LogP contribution in [0.1, 0.15) is 5.69 Å². The fraction of sp³-hybridized carbons (Fsp3) is 0.438. The van der Waals surface area contributed by atoms with E-state index >= 15 is 0 Å². The Morgan fingerprint density at radius 3 is 2.70 bits per heavy atom. The molecule has 0 spiro atoms. The number of aromatic nitrogens is 3. The van der Waals surface area contributed by atoms with E-state index in [0.717, 1.165) is 42.8 Å². The first kappa shape index (κ1) is 15.9. The molecule has 1 fully saturated rings. The van der Waals surface area contributed by atoms with Gasteiger partial charge in [-0.2, -0.15) is 0 Å². The second-order valence-corrected chi connectivity index (χ2v) is 6.56. The summed E-state index contributed by atoms with van der Waals surface area (Å²) in [4.78, 5) is 25.3. The minimum atomic E-state index is 0.176. The van der Waals surface area contributed by atoms with Crippen molar-refractivity contribution in [3.8, 4) is 0 Å². The summed E-state index contributed by atoms with van der Waals surface area (Å²) in [5.74, 6) is 1.61. The lowest BCUT2D eigenvalue weighted by molar-refractivity contribution is -0.128. The van der Waals surface area contributed by atoms with Crippen molar-refractivity contribution in [1.29, 1.82) is 0 Å². The molecule has 0 saturated carbocycles. The molecule has 1 saturated heterocycles. The fourth-order valence-electron chi connectivity index (χ4n) is 2.60. The molecule has 0 atom stereocenters. The number of anilines is 1. The zero-order valence-electron chi connectivity index (χ0n) is 13.5. The molecule has 0 radical (unpaired) electrons. The van der Waals surface area contributed by atoms with Crippen LogP contribution < -0.4 is 4.90 Å². The number of thioether (sulfide) groups is 1. The van der Waals surface area contributed by atoms with Gasteiger partial charge >= 0.3 is 0 Å². The lowest BCUT2D eigenvalue weighted by Crippen LogP contribution is -2.49. The molecule has 0 N–H and O–H groups in total. The Bertz CT molecular complexity index is 679. The molecule has 0 aromatic carbocycles. The maximum absolute atomic E-state index is 12.3. The van der Waals surface area contributed by atoms with Crippen molar-refractivity contribution in [3.05, 3.63) is 36.3 Å². The number of rotatable bonds is 4. The summed E-state index contributed by atoms with van der Waals surface area (Å²) < 4.78 is 1.93. The third kappa shape index (κ3) is 3.85. The van der Waals surface area contributed by atoms with E-state index in [1.54, 1.807) is 6.20 Å². The number of hydrogen-bond acceptors (Lipinski definition) is 5. The van der Waals surface area contributed by atoms with E-state index in [1.165, 1.54) is 11.8 Å². The van der Waals surface area contributed by atoms with E-state index in [9.17, 15) is 4.79 Å². The third-order valence-corrected chi connectivity index (χ3v) is 4.97. The van der Waals surface area contributed by atoms with E-state index in [-0.39, 0.29) is 5.91 Å². The summed E-state index contributed by atoms with van der Waals surface area (Å²) in [6.07, 6.45) is 3.64. The van der Waals surface area contributed by atoms with Crippen LogP contribution in [0.25, 0.3) is 0 Å². The maximum Gasteiger partial charge on any atom is 0.233 e. The lowest BCUT2D eigenvalue weighted by atomic mass is 10.3. The van der Waals surface area contributed by atoms with Gasteiger partial charge in [0.15, 0.2) is 5.16 Å². The van der Waals surface area contributed by atoms with E-state index in [4.69, 9.17) is 0 Å². The molecule has 0 aliphatic carbocycles. The van der Waals surface area contributed by atoms with Gasteiger partial charge in [-0.3, -0.25) is 4.79 Å². The summed E-state index contributed by atoms with van der Waals surface area (Å²) in [5, 5.41) is 0.876. The number of nitrogens with zero attached hydrogens (tertiary/aromatic N) is 5. The third-order valence-electron chi connectivity index (χ3n) is 3.93. The molecule has 1 amide bonds. The molecule has 1 aliphatic heterocycles. The number of carbonyl (C=O) groups is 1. The monoisotopic (exact) mass is 331 g/mol. The molecule has 0 unspecified atom stereocenters. The first-order valence-electron chi connectivity index (χ1n) is 7.70. The minimum absolute atomic E-state index is 0.176. The summed E-state index contributed by atoms with van der Waals surface area (Å²) in [6.45, 7) is 5.15. The number of imidazole rings is 1. The van der Waals surface area contributed by atoms with Crippen molar-refractivity contribution < 1.29 is 4.79 Å². The van der Waals surface area contributed by atoms with Crippen molar-refractivity contribution in [1.82, 2.24) is 19.4 Å². The molecular formula is C16H21N5OS. The molecule has 2 aromatic heterocycles. The van der Waals surface area contributed by atoms with Crippen molar-refractivity contribution in [2.75, 3.05) is 36.8 Å². The van der Waals surface area contributed by atoms with Crippen molar-refractivity contribution in [2.24, 2.45) is 7.05 Å². The average Bonchev–Trinajstić information content (AvgIpc) is 2.98. The smallest absolute Gasteiger partial charge is 0.233 e. The highest BCUT2D eigenvalue weighted by molar-refractivity contribution is 7.99. The minimum Gasteiger partial charge on any atom is -0.353 e. The average molecular weight is 331 g/mol. The predicted molar refractivity (Wildman–Crippen MR) is 91.7 cm³/mol. The standard InChI is InChI=1S/C16H21N5OS/c1-13-4-3-5-14(18-13)20-8-10-21(11-9-20)15(22)12-23-16-17-6-7-19(16)2/h3-7H,8-12H2,1-2H3. The number of hydrogen-bond donors (Lipinski definition) is 0. The van der Waals surface area contributed by atoms with Gasteiger partial charge in [-0.1, -0.05) is 17.8 Å². The van der Waals surface area contributed by atoms with Gasteiger partial charge in [0.05, 0.1) is 5.75 Å². The van der Waals surface area contributed by atoms with Gasteiger partial charge in [-0.05, 0) is 19.1 Å². The molecule has 2 aromatic rings. The van der Waals surface area contributed by atoms with Crippen molar-refractivity contribution >= 4 is 23.5 Å². The molecule has 1 aliphatic rings. The highest BCUT2D eigenvalue weighted by Gasteiger charge is 2.22. The van der Waals surface area contributed by atoms with Crippen LogP contribution >= 0.6 is 11.8 Å². The largest absolute Gasteiger partial charge is 0.353 e. The molecular weight excluding hydrogens is 310 g/mol. The molecule has 23 heavy (non-hydrogen) atoms. The lowest BCUT2D eigenvalue weighted by Gasteiger charge is -2.35. The Morgan fingerprint density at radius 2 is 2.04 bits per heavy atom. The Balaban J connectivity index is 1.50. The summed E-state index contributed by atoms with van der Waals surface area (Å²) >= 11 is 1.49. The number of carbonyl (C=O) groups excluding carboxylic acids is 1. The second-order valence-electron chi connectivity index (χ2n) is 5.61. The highest BCUT2D eigenvalue weighted by atomic mass is 32.2. The van der Waals surface area contributed by atoms with Crippen molar-refractivity contribution in [3.63, 3.8) is 0 Å². The van der Waals surface area contributed by atoms with Crippen LogP contribution in [-0.4, -0.2) is 57.3 Å². The Morgan fingerprint density at radius 1 is 1.26 bits per heavy atom. The molecule has 0 bridgehead atoms. The second kappa shape index (κ2) is 7.04. The van der Waals surface area contributed by atoms with Gasteiger partial charge in [0.25, 0.3) is 0 Å². The summed E-state index contributed by atoms with van der Waals surface area (Å²) in [5.41, 5.74) is 1.02. The predicted octanol–water partition coefficient (Wildman–Crippen LogP) is 1.56. The Hall–Kier alpha value is -2.02. The van der Waals surface area contributed by atoms with E-state index in [1.807, 2.05) is 47.8 Å². The van der Waals surface area contributed by atoms with E-state index < -0.39 is 0 Å². The number of aryl methyl sites for hydroxylation is 2. The van der Waals surface area contributed by atoms with Gasteiger partial charge in [0.1, 0.15) is 5.82 Å². The molecule has 7 heteroatoms. The van der Waals surface area contributed by atoms with Crippen LogP contribution in [0.15, 0.2) is 35.7 Å². The van der Waals surface area contributed by atoms with Crippen molar-refractivity contribution in [2.45, 2.75) is 12.1 Å². The zero-order chi connectivity index (χ0) is 16.2. The SMILES string of the molecule is Cc1cccc(N2CCN(C(=O)CSc3nccn3C)CC2)n1. The van der Waals surface area contributed by atoms with Gasteiger partial charge < -0.3 is 14.4 Å². The van der Waals surface area contributed by atoms with Gasteiger partial charge in [-0.15, -0.1) is 0 Å². The van der Waals surface area contributed by atoms with Crippen LogP contribution in [0.5, 0.6) is 0 Å². The molecule has 3 rings (SSSR count). The van der Waals surface area contributed by atoms with Crippen LogP contribution in [0.3, 0.4) is 0 Å². The zero-order valence-corrected chi connectivity index (χ0v) is 14.3. The summed E-state index contributed by atoms with van der Waals surface area (Å²) in [6, 6.07) is 6.05. The Kier molecular flexibility index (Phi) is 4.85. The fourth-order valence-corrected chi connectivity index (χ4v) is 3.43. The molecule has 3 heterocycles. The first-order chi connectivity index (χ1) is 11.1. The quantitative estimate of drug-likeness (QED) is 0.796. The topological polar surface area (TPSA) is 54.3 Å². The number of piperazine rings is 1. The maximum atomic E-state index is 12.3. The number of amides is 1. The van der Waals surface area contributed by atoms with Crippen LogP contribution in [-0.2, 0) is 11.8 Å². The first-order valence-corrected chi connectivity index (χ1v) is 8.68. The van der Waals surface area contributed by atoms with Crippen LogP contribution in [0, 0.1) is 6.92 Å². The normalized spacial score (nSPS) is 15.0. The molecule has 6 nitrogen and oxygen atoms in total. The summed E-state index contributed by atoms with van der Waals surface area (Å²) in [7, 11) is 1.94. The van der Waals surface area contributed by atoms with Crippen LogP contribution in [0.4, 0.5) is 5.82 Å². The van der Waals surface area contributed by atoms with Gasteiger partial charge in [0.2, 0.25) is 5.91 Å². The van der Waals surface area contributed by atoms with E-state index in [0.29, 0.717) is 5.75 Å². The van der Waals surface area contributed by atoms with Crippen LogP contribution in [0.2, 0.25) is 0 Å².